The van der Waals surface area contributed by atoms with Gasteiger partial charge < -0.3 is 10.6 Å². The molecule has 1 unspecified atom stereocenters. The van der Waals surface area contributed by atoms with Crippen molar-refractivity contribution in [3.8, 4) is 0 Å². The summed E-state index contributed by atoms with van der Waals surface area (Å²) in [5.74, 6) is 0. The van der Waals surface area contributed by atoms with Crippen LogP contribution < -0.4 is 5.73 Å². The van der Waals surface area contributed by atoms with Gasteiger partial charge in [0.15, 0.2) is 0 Å². The maximum Gasteiger partial charge on any atom is 0.0712 e. The molecule has 0 spiro atoms. The van der Waals surface area contributed by atoms with Crippen LogP contribution in [0.2, 0.25) is 0 Å². The highest BCUT2D eigenvalue weighted by Crippen LogP contribution is 2.43. The van der Waals surface area contributed by atoms with Gasteiger partial charge in [-0.25, -0.2) is 0 Å². The van der Waals surface area contributed by atoms with Crippen molar-refractivity contribution >= 4 is 15.9 Å². The van der Waals surface area contributed by atoms with Crippen LogP contribution in [0.4, 0.5) is 0 Å². The third-order valence-corrected chi connectivity index (χ3v) is 4.98. The van der Waals surface area contributed by atoms with E-state index in [-0.39, 0.29) is 11.6 Å². The minimum atomic E-state index is 0.00632. The van der Waals surface area contributed by atoms with Crippen molar-refractivity contribution in [3.05, 3.63) is 16.4 Å². The molecule has 1 aliphatic carbocycles. The molecule has 2 N–H and O–H groups in total. The Bertz CT molecular complexity index is 407. The van der Waals surface area contributed by atoms with E-state index in [9.17, 15) is 0 Å². The minimum absolute atomic E-state index is 0.00632. The van der Waals surface area contributed by atoms with Gasteiger partial charge in [-0.3, -0.25) is 4.68 Å². The quantitative estimate of drug-likeness (QED) is 0.929. The molecule has 0 radical (unpaired) electrons. The average molecular weight is 315 g/mol. The van der Waals surface area contributed by atoms with Crippen molar-refractivity contribution in [1.82, 2.24) is 14.7 Å². The summed E-state index contributed by atoms with van der Waals surface area (Å²) in [7, 11) is 4.29. The summed E-state index contributed by atoms with van der Waals surface area (Å²) in [6, 6.07) is 0.00632. The Morgan fingerprint density at radius 3 is 2.61 bits per heavy atom. The summed E-state index contributed by atoms with van der Waals surface area (Å²) in [6.07, 6.45) is 6.73. The lowest BCUT2D eigenvalue weighted by Crippen LogP contribution is -2.51. The second-order valence-electron chi connectivity index (χ2n) is 5.38. The highest BCUT2D eigenvalue weighted by Gasteiger charge is 2.43. The summed E-state index contributed by atoms with van der Waals surface area (Å²) in [5.41, 5.74) is 7.84. The third-order valence-electron chi connectivity index (χ3n) is 4.37. The lowest BCUT2D eigenvalue weighted by atomic mass is 9.85. The van der Waals surface area contributed by atoms with E-state index in [4.69, 9.17) is 5.73 Å². The monoisotopic (exact) mass is 314 g/mol. The maximum absolute atomic E-state index is 6.63. The highest BCUT2D eigenvalue weighted by atomic mass is 79.9. The van der Waals surface area contributed by atoms with Gasteiger partial charge in [0.05, 0.1) is 22.4 Å². The molecule has 1 heterocycles. The summed E-state index contributed by atoms with van der Waals surface area (Å²) < 4.78 is 3.04. The van der Waals surface area contributed by atoms with Crippen molar-refractivity contribution in [2.45, 2.75) is 50.7 Å². The molecular formula is C13H23BrN4. The molecule has 0 amide bonds. The summed E-state index contributed by atoms with van der Waals surface area (Å²) >= 11 is 3.60. The molecule has 1 saturated carbocycles. The first-order chi connectivity index (χ1) is 8.53. The molecule has 0 aromatic carbocycles. The first-order valence-corrected chi connectivity index (χ1v) is 7.46. The molecule has 0 aliphatic heterocycles. The zero-order valence-electron chi connectivity index (χ0n) is 11.5. The number of halogens is 1. The predicted molar refractivity (Wildman–Crippen MR) is 77.4 cm³/mol. The molecule has 4 nitrogen and oxygen atoms in total. The Morgan fingerprint density at radius 1 is 1.50 bits per heavy atom. The van der Waals surface area contributed by atoms with Gasteiger partial charge in [-0.1, -0.05) is 12.8 Å². The van der Waals surface area contributed by atoms with Crippen molar-refractivity contribution in [3.63, 3.8) is 0 Å². The molecule has 0 bridgehead atoms. The summed E-state index contributed by atoms with van der Waals surface area (Å²) in [4.78, 5) is 2.31. The Morgan fingerprint density at radius 2 is 2.11 bits per heavy atom. The van der Waals surface area contributed by atoms with E-state index in [0.29, 0.717) is 0 Å². The largest absolute Gasteiger partial charge is 0.321 e. The number of nitrogens with zero attached hydrogens (tertiary/aromatic N) is 3. The van der Waals surface area contributed by atoms with E-state index in [2.05, 4.69) is 46.9 Å². The average Bonchev–Trinajstić information content (AvgIpc) is 2.95. The lowest BCUT2D eigenvalue weighted by molar-refractivity contribution is 0.119. The van der Waals surface area contributed by atoms with Gasteiger partial charge in [-0.05, 0) is 49.8 Å². The number of hydrogen-bond acceptors (Lipinski definition) is 3. The smallest absolute Gasteiger partial charge is 0.0712 e. The first-order valence-electron chi connectivity index (χ1n) is 6.67. The number of aryl methyl sites for hydroxylation is 1. The van der Waals surface area contributed by atoms with E-state index in [1.54, 1.807) is 0 Å². The fourth-order valence-corrected chi connectivity index (χ4v) is 3.75. The number of aromatic nitrogens is 2. The standard InChI is InChI=1S/C13H23BrN4/c1-4-18-11(10(14)9-16-18)12(15)13(17(2)3)7-5-6-8-13/h9,12H,4-8,15H2,1-3H3. The van der Waals surface area contributed by atoms with Gasteiger partial charge in [0.2, 0.25) is 0 Å². The lowest BCUT2D eigenvalue weighted by Gasteiger charge is -2.41. The Balaban J connectivity index is 2.39. The molecule has 0 saturated heterocycles. The van der Waals surface area contributed by atoms with Gasteiger partial charge in [0.25, 0.3) is 0 Å². The zero-order chi connectivity index (χ0) is 13.3. The third kappa shape index (κ3) is 2.12. The molecule has 2 rings (SSSR count). The molecule has 5 heteroatoms. The van der Waals surface area contributed by atoms with Gasteiger partial charge in [-0.2, -0.15) is 5.10 Å². The number of hydrogen-bond donors (Lipinski definition) is 1. The van der Waals surface area contributed by atoms with Crippen LogP contribution in [-0.4, -0.2) is 34.3 Å². The maximum atomic E-state index is 6.63. The molecule has 1 aromatic rings. The van der Waals surface area contributed by atoms with Crippen LogP contribution in [0.15, 0.2) is 10.7 Å². The molecule has 1 aromatic heterocycles. The Labute approximate surface area is 118 Å². The molecule has 1 fully saturated rings. The molecule has 18 heavy (non-hydrogen) atoms. The molecule has 1 atom stereocenters. The minimum Gasteiger partial charge on any atom is -0.321 e. The van der Waals surface area contributed by atoms with Crippen LogP contribution in [0.25, 0.3) is 0 Å². The summed E-state index contributed by atoms with van der Waals surface area (Å²) in [6.45, 7) is 2.96. The second kappa shape index (κ2) is 5.31. The molecule has 102 valence electrons. The molecule has 1 aliphatic rings. The van der Waals surface area contributed by atoms with Crippen molar-refractivity contribution in [2.24, 2.45) is 5.73 Å². The van der Waals surface area contributed by atoms with E-state index >= 15 is 0 Å². The van der Waals surface area contributed by atoms with Gasteiger partial charge in [0, 0.05) is 12.1 Å². The van der Waals surface area contributed by atoms with Crippen LogP contribution in [0.3, 0.4) is 0 Å². The predicted octanol–water partition coefficient (Wildman–Crippen LogP) is 2.54. The van der Waals surface area contributed by atoms with E-state index in [1.165, 1.54) is 25.7 Å². The number of rotatable bonds is 4. The second-order valence-corrected chi connectivity index (χ2v) is 6.23. The normalized spacial score (nSPS) is 20.6. The van der Waals surface area contributed by atoms with Crippen LogP contribution in [-0.2, 0) is 6.54 Å². The summed E-state index contributed by atoms with van der Waals surface area (Å²) in [5, 5.41) is 4.39. The van der Waals surface area contributed by atoms with Crippen molar-refractivity contribution in [1.29, 1.82) is 0 Å². The fraction of sp³-hybridized carbons (Fsp3) is 0.769. The van der Waals surface area contributed by atoms with Gasteiger partial charge in [0.1, 0.15) is 0 Å². The van der Waals surface area contributed by atoms with E-state index in [1.807, 2.05) is 10.9 Å². The van der Waals surface area contributed by atoms with E-state index in [0.717, 1.165) is 16.7 Å². The van der Waals surface area contributed by atoms with Crippen LogP contribution in [0, 0.1) is 0 Å². The van der Waals surface area contributed by atoms with Crippen LogP contribution in [0.5, 0.6) is 0 Å². The zero-order valence-corrected chi connectivity index (χ0v) is 13.1. The SMILES string of the molecule is CCn1ncc(Br)c1C(N)C1(N(C)C)CCCC1. The first kappa shape index (κ1) is 14.0. The van der Waals surface area contributed by atoms with Crippen molar-refractivity contribution < 1.29 is 0 Å². The fourth-order valence-electron chi connectivity index (χ4n) is 3.21. The Kier molecular flexibility index (Phi) is 4.14. The van der Waals surface area contributed by atoms with Crippen LogP contribution in [0.1, 0.15) is 44.3 Å². The van der Waals surface area contributed by atoms with E-state index < -0.39 is 0 Å². The van der Waals surface area contributed by atoms with Crippen LogP contribution >= 0.6 is 15.9 Å². The molecular weight excluding hydrogens is 292 g/mol. The van der Waals surface area contributed by atoms with Crippen molar-refractivity contribution in [2.75, 3.05) is 14.1 Å². The van der Waals surface area contributed by atoms with Gasteiger partial charge >= 0.3 is 0 Å². The van der Waals surface area contributed by atoms with Gasteiger partial charge in [-0.15, -0.1) is 0 Å². The Hall–Kier alpha value is -0.390. The number of likely N-dealkylation sites (N-methyl/N-ethyl adjacent to an activating group) is 1. The topological polar surface area (TPSA) is 47.1 Å². The number of nitrogens with two attached hydrogens (primary N) is 1. The highest BCUT2D eigenvalue weighted by molar-refractivity contribution is 9.10.